The van der Waals surface area contributed by atoms with Crippen LogP contribution in [0.4, 0.5) is 5.69 Å². The summed E-state index contributed by atoms with van der Waals surface area (Å²) in [7, 11) is 1.53. The van der Waals surface area contributed by atoms with Crippen LogP contribution in [0.2, 0.25) is 0 Å². The van der Waals surface area contributed by atoms with Crippen LogP contribution >= 0.6 is 0 Å². The van der Waals surface area contributed by atoms with Crippen LogP contribution in [-0.2, 0) is 25.7 Å². The molecule has 4 rings (SSSR count). The number of nitrogens with zero attached hydrogens (tertiary/aromatic N) is 2. The van der Waals surface area contributed by atoms with Gasteiger partial charge in [0.25, 0.3) is 11.8 Å². The maximum atomic E-state index is 13.1. The summed E-state index contributed by atoms with van der Waals surface area (Å²) < 4.78 is 0. The van der Waals surface area contributed by atoms with Crippen LogP contribution in [0.15, 0.2) is 30.9 Å². The maximum absolute atomic E-state index is 13.1. The van der Waals surface area contributed by atoms with Crippen molar-refractivity contribution in [2.75, 3.05) is 11.9 Å². The second-order valence-corrected chi connectivity index (χ2v) is 8.05. The van der Waals surface area contributed by atoms with Gasteiger partial charge in [0.2, 0.25) is 17.7 Å². The third kappa shape index (κ3) is 3.71. The first-order chi connectivity index (χ1) is 14.8. The molecule has 2 heterocycles. The summed E-state index contributed by atoms with van der Waals surface area (Å²) in [6.45, 7) is 3.81. The van der Waals surface area contributed by atoms with Crippen LogP contribution in [0.1, 0.15) is 41.6 Å². The van der Waals surface area contributed by atoms with Crippen LogP contribution in [0.5, 0.6) is 0 Å². The molecular formula is C22H24N4O5. The van der Waals surface area contributed by atoms with Crippen LogP contribution in [-0.4, -0.2) is 53.6 Å². The number of hydrogen-bond acceptors (Lipinski definition) is 5. The maximum Gasteiger partial charge on any atom is 0.255 e. The molecule has 2 atom stereocenters. The van der Waals surface area contributed by atoms with Gasteiger partial charge in [-0.25, -0.2) is 0 Å². The molecule has 2 N–H and O–H groups in total. The molecule has 0 bridgehead atoms. The van der Waals surface area contributed by atoms with E-state index in [-0.39, 0.29) is 43.0 Å². The Kier molecular flexibility index (Phi) is 5.34. The van der Waals surface area contributed by atoms with Gasteiger partial charge in [0.05, 0.1) is 0 Å². The van der Waals surface area contributed by atoms with Crippen LogP contribution in [0, 0.1) is 5.92 Å². The van der Waals surface area contributed by atoms with Crippen molar-refractivity contribution >= 4 is 35.2 Å². The molecule has 1 aromatic carbocycles. The van der Waals surface area contributed by atoms with Crippen molar-refractivity contribution in [1.29, 1.82) is 0 Å². The standard InChI is InChI=1S/C22H24N4O5/c1-3-18(28)26(19(12-4-5-12)21(30)23-2)14-7-6-13-11-25(22(31)15(13)10-14)16-8-9-17(27)24-20(16)29/h3,6-7,10,12,16,19H,1,4-5,8-9,11H2,2H3,(H,23,30)(H,24,27,29). The van der Waals surface area contributed by atoms with Crippen molar-refractivity contribution in [2.45, 2.75) is 44.3 Å². The predicted molar refractivity (Wildman–Crippen MR) is 111 cm³/mol. The summed E-state index contributed by atoms with van der Waals surface area (Å²) in [6.07, 6.45) is 3.29. The molecule has 9 heteroatoms. The number of amides is 5. The molecule has 1 aliphatic carbocycles. The number of benzene rings is 1. The summed E-state index contributed by atoms with van der Waals surface area (Å²) in [5.41, 5.74) is 1.55. The first kappa shape index (κ1) is 20.8. The zero-order valence-corrected chi connectivity index (χ0v) is 17.2. The van der Waals surface area contributed by atoms with Gasteiger partial charge in [0, 0.05) is 31.3 Å². The second-order valence-electron chi connectivity index (χ2n) is 8.05. The fourth-order valence-corrected chi connectivity index (χ4v) is 4.32. The van der Waals surface area contributed by atoms with Gasteiger partial charge in [-0.1, -0.05) is 12.6 Å². The lowest BCUT2D eigenvalue weighted by molar-refractivity contribution is -0.137. The fourth-order valence-electron chi connectivity index (χ4n) is 4.32. The number of carbonyl (C=O) groups is 5. The number of anilines is 1. The first-order valence-corrected chi connectivity index (χ1v) is 10.3. The molecule has 1 saturated heterocycles. The number of carbonyl (C=O) groups excluding carboxylic acids is 5. The predicted octanol–water partition coefficient (Wildman–Crippen LogP) is 0.491. The molecule has 2 unspecified atom stereocenters. The summed E-state index contributed by atoms with van der Waals surface area (Å²) >= 11 is 0. The molecular weight excluding hydrogens is 400 g/mol. The lowest BCUT2D eigenvalue weighted by Gasteiger charge is -2.30. The molecule has 1 aromatic rings. The highest BCUT2D eigenvalue weighted by Gasteiger charge is 2.43. The Labute approximate surface area is 179 Å². The molecule has 0 aromatic heterocycles. The minimum absolute atomic E-state index is 0.0489. The number of imide groups is 1. The molecule has 0 radical (unpaired) electrons. The van der Waals surface area contributed by atoms with Crippen LogP contribution in [0.25, 0.3) is 0 Å². The van der Waals surface area contributed by atoms with Crippen LogP contribution < -0.4 is 15.5 Å². The number of hydrogen-bond donors (Lipinski definition) is 2. The van der Waals surface area contributed by atoms with Crippen molar-refractivity contribution < 1.29 is 24.0 Å². The summed E-state index contributed by atoms with van der Waals surface area (Å²) in [5, 5.41) is 4.90. The second kappa shape index (κ2) is 7.98. The molecule has 162 valence electrons. The molecule has 3 aliphatic rings. The van der Waals surface area contributed by atoms with E-state index in [9.17, 15) is 24.0 Å². The van der Waals surface area contributed by atoms with Gasteiger partial charge >= 0.3 is 0 Å². The molecule has 0 spiro atoms. The van der Waals surface area contributed by atoms with E-state index in [0.717, 1.165) is 24.5 Å². The van der Waals surface area contributed by atoms with Gasteiger partial charge < -0.3 is 10.2 Å². The quantitative estimate of drug-likeness (QED) is 0.509. The highest BCUT2D eigenvalue weighted by Crippen LogP contribution is 2.39. The highest BCUT2D eigenvalue weighted by atomic mass is 16.2. The molecule has 2 fully saturated rings. The van der Waals surface area contributed by atoms with Crippen molar-refractivity contribution in [2.24, 2.45) is 5.92 Å². The Morgan fingerprint density at radius 3 is 2.61 bits per heavy atom. The van der Waals surface area contributed by atoms with E-state index < -0.39 is 23.9 Å². The topological polar surface area (TPSA) is 116 Å². The smallest absolute Gasteiger partial charge is 0.255 e. The Morgan fingerprint density at radius 1 is 1.26 bits per heavy atom. The van der Waals surface area contributed by atoms with Crippen molar-refractivity contribution in [3.8, 4) is 0 Å². The molecule has 31 heavy (non-hydrogen) atoms. The molecule has 9 nitrogen and oxygen atoms in total. The lowest BCUT2D eigenvalue weighted by atomic mass is 10.0. The van der Waals surface area contributed by atoms with E-state index >= 15 is 0 Å². The van der Waals surface area contributed by atoms with Crippen molar-refractivity contribution in [3.05, 3.63) is 42.0 Å². The van der Waals surface area contributed by atoms with Crippen molar-refractivity contribution in [1.82, 2.24) is 15.5 Å². The molecule has 1 saturated carbocycles. The minimum Gasteiger partial charge on any atom is -0.357 e. The average Bonchev–Trinajstić information content (AvgIpc) is 3.55. The van der Waals surface area contributed by atoms with E-state index in [2.05, 4.69) is 17.2 Å². The van der Waals surface area contributed by atoms with E-state index in [1.54, 1.807) is 18.2 Å². The van der Waals surface area contributed by atoms with Gasteiger partial charge in [-0.15, -0.1) is 0 Å². The highest BCUT2D eigenvalue weighted by molar-refractivity contribution is 6.09. The fraction of sp³-hybridized carbons (Fsp3) is 0.409. The first-order valence-electron chi connectivity index (χ1n) is 10.3. The third-order valence-electron chi connectivity index (χ3n) is 6.06. The monoisotopic (exact) mass is 424 g/mol. The largest absolute Gasteiger partial charge is 0.357 e. The van der Waals surface area contributed by atoms with Crippen LogP contribution in [0.3, 0.4) is 0 Å². The van der Waals surface area contributed by atoms with Gasteiger partial charge in [-0.05, 0) is 49.0 Å². The minimum atomic E-state index is -0.711. The summed E-state index contributed by atoms with van der Waals surface area (Å²) in [4.78, 5) is 64.9. The lowest BCUT2D eigenvalue weighted by Crippen LogP contribution is -2.52. The van der Waals surface area contributed by atoms with Crippen molar-refractivity contribution in [3.63, 3.8) is 0 Å². The Morgan fingerprint density at radius 2 is 2.00 bits per heavy atom. The SMILES string of the molecule is C=CC(=O)N(c1ccc2c(c1)C(=O)N(C1CCC(=O)NC1=O)C2)C(C(=O)NC)C1CC1. The summed E-state index contributed by atoms with van der Waals surface area (Å²) in [6, 6.07) is 3.66. The Hall–Kier alpha value is -3.49. The van der Waals surface area contributed by atoms with Gasteiger partial charge in [0.1, 0.15) is 12.1 Å². The van der Waals surface area contributed by atoms with Gasteiger partial charge in [0.15, 0.2) is 0 Å². The number of likely N-dealkylation sites (N-methyl/N-ethyl adjacent to an activating group) is 1. The number of nitrogens with one attached hydrogen (secondary N) is 2. The Balaban J connectivity index is 1.66. The number of rotatable bonds is 6. The number of fused-ring (bicyclic) bond motifs is 1. The molecule has 5 amide bonds. The summed E-state index contributed by atoms with van der Waals surface area (Å²) in [5.74, 6) is -1.79. The van der Waals surface area contributed by atoms with Gasteiger partial charge in [-0.3, -0.25) is 34.2 Å². The number of piperidine rings is 1. The Bertz CT molecular complexity index is 1000. The normalized spacial score (nSPS) is 21.3. The average molecular weight is 424 g/mol. The third-order valence-corrected chi connectivity index (χ3v) is 6.06. The van der Waals surface area contributed by atoms with E-state index in [0.29, 0.717) is 11.3 Å². The van der Waals surface area contributed by atoms with E-state index in [4.69, 9.17) is 0 Å². The van der Waals surface area contributed by atoms with E-state index in [1.165, 1.54) is 16.8 Å². The molecule has 2 aliphatic heterocycles. The van der Waals surface area contributed by atoms with Gasteiger partial charge in [-0.2, -0.15) is 0 Å². The zero-order valence-electron chi connectivity index (χ0n) is 17.2. The zero-order chi connectivity index (χ0) is 22.3. The van der Waals surface area contributed by atoms with E-state index in [1.807, 2.05) is 0 Å².